The minimum absolute atomic E-state index is 0.701. The summed E-state index contributed by atoms with van der Waals surface area (Å²) in [5, 5.41) is 10.8. The number of carbonyl (C=O) groups excluding carboxylic acids is 1. The number of nitrogens with one attached hydrogen (secondary N) is 1. The topological polar surface area (TPSA) is 49.3 Å². The molecule has 0 rings (SSSR count). The second-order valence-corrected chi connectivity index (χ2v) is 2.30. The first-order valence-corrected chi connectivity index (χ1v) is 3.12. The van der Waals surface area contributed by atoms with E-state index in [-0.39, 0.29) is 0 Å². The first kappa shape index (κ1) is 10.4. The minimum Gasteiger partial charge on any atom is -0.379 e. The van der Waals surface area contributed by atoms with E-state index in [0.29, 0.717) is 0 Å². The number of aliphatic hydroxyl groups excluding tert-OH is 1. The van der Waals surface area contributed by atoms with Crippen molar-refractivity contribution in [3.8, 4) is 0 Å². The molecule has 0 aliphatic rings. The van der Waals surface area contributed by atoms with Crippen LogP contribution in [0.15, 0.2) is 0 Å². The van der Waals surface area contributed by atoms with E-state index in [4.69, 9.17) is 5.11 Å². The maximum Gasteiger partial charge on any atom is 0.292 e. The molecule has 2 N–H and O–H groups in total. The summed E-state index contributed by atoms with van der Waals surface area (Å²) < 4.78 is 25.1. The summed E-state index contributed by atoms with van der Waals surface area (Å²) in [7, 11) is 1.32. The molecule has 0 saturated heterocycles. The highest BCUT2D eigenvalue weighted by atomic mass is 19.3. The predicted molar refractivity (Wildman–Crippen MR) is 35.6 cm³/mol. The Balaban J connectivity index is 4.16. The number of aliphatic hydroxyl groups is 1. The van der Waals surface area contributed by atoms with Crippen molar-refractivity contribution < 1.29 is 18.7 Å². The van der Waals surface area contributed by atoms with Gasteiger partial charge in [-0.25, -0.2) is 8.78 Å². The van der Waals surface area contributed by atoms with E-state index >= 15 is 0 Å². The normalized spacial score (nSPS) is 14.6. The SMILES string of the molecule is CNCC(F)(F)[C@H](O)C(C)=O. The van der Waals surface area contributed by atoms with Gasteiger partial charge in [-0.3, -0.25) is 4.79 Å². The van der Waals surface area contributed by atoms with Crippen molar-refractivity contribution in [1.82, 2.24) is 5.32 Å². The van der Waals surface area contributed by atoms with Gasteiger partial charge in [0.25, 0.3) is 5.92 Å². The molecule has 0 heterocycles. The highest BCUT2D eigenvalue weighted by Gasteiger charge is 2.40. The van der Waals surface area contributed by atoms with Crippen LogP contribution in [-0.2, 0) is 4.79 Å². The molecule has 0 spiro atoms. The zero-order valence-corrected chi connectivity index (χ0v) is 6.40. The summed E-state index contributed by atoms with van der Waals surface area (Å²) in [6.45, 7) is 0.224. The summed E-state index contributed by atoms with van der Waals surface area (Å²) >= 11 is 0. The number of Topliss-reactive ketones (excluding diaryl/α,β-unsaturated/α-hetero) is 1. The van der Waals surface area contributed by atoms with Gasteiger partial charge in [0.2, 0.25) is 0 Å². The summed E-state index contributed by atoms with van der Waals surface area (Å²) in [6.07, 6.45) is -2.20. The van der Waals surface area contributed by atoms with Gasteiger partial charge >= 0.3 is 0 Å². The first-order chi connectivity index (χ1) is 4.91. The Morgan fingerprint density at radius 3 is 2.45 bits per heavy atom. The van der Waals surface area contributed by atoms with Crippen LogP contribution in [0.2, 0.25) is 0 Å². The van der Waals surface area contributed by atoms with Gasteiger partial charge in [0.1, 0.15) is 0 Å². The van der Waals surface area contributed by atoms with Gasteiger partial charge in [-0.2, -0.15) is 0 Å². The number of carbonyl (C=O) groups is 1. The van der Waals surface area contributed by atoms with Crippen LogP contribution in [-0.4, -0.2) is 36.5 Å². The highest BCUT2D eigenvalue weighted by molar-refractivity contribution is 5.81. The number of rotatable bonds is 4. The molecule has 11 heavy (non-hydrogen) atoms. The molecule has 1 atom stereocenters. The maximum absolute atomic E-state index is 12.5. The molecule has 5 heteroatoms. The first-order valence-electron chi connectivity index (χ1n) is 3.12. The Bertz CT molecular complexity index is 150. The van der Waals surface area contributed by atoms with E-state index in [0.717, 1.165) is 6.92 Å². The molecule has 0 aromatic rings. The van der Waals surface area contributed by atoms with Gasteiger partial charge in [0.05, 0.1) is 6.54 Å². The van der Waals surface area contributed by atoms with Crippen molar-refractivity contribution in [2.45, 2.75) is 19.0 Å². The Hall–Kier alpha value is -0.550. The van der Waals surface area contributed by atoms with Crippen LogP contribution < -0.4 is 5.32 Å². The van der Waals surface area contributed by atoms with E-state index < -0.39 is 24.4 Å². The van der Waals surface area contributed by atoms with Gasteiger partial charge in [-0.1, -0.05) is 0 Å². The molecule has 0 saturated carbocycles. The van der Waals surface area contributed by atoms with Crippen LogP contribution >= 0.6 is 0 Å². The van der Waals surface area contributed by atoms with Crippen molar-refractivity contribution in [1.29, 1.82) is 0 Å². The number of alkyl halides is 2. The fourth-order valence-electron chi connectivity index (χ4n) is 0.630. The molecule has 0 aromatic heterocycles. The van der Waals surface area contributed by atoms with E-state index in [1.165, 1.54) is 7.05 Å². The van der Waals surface area contributed by atoms with Crippen molar-refractivity contribution in [3.05, 3.63) is 0 Å². The third kappa shape index (κ3) is 2.90. The van der Waals surface area contributed by atoms with Crippen molar-refractivity contribution in [3.63, 3.8) is 0 Å². The fourth-order valence-corrected chi connectivity index (χ4v) is 0.630. The molecule has 0 unspecified atom stereocenters. The standard InChI is InChI=1S/C6H11F2NO2/c1-4(10)5(11)6(7,8)3-9-2/h5,9,11H,3H2,1-2H3/t5-/m1/s1. The smallest absolute Gasteiger partial charge is 0.292 e. The summed E-state index contributed by atoms with van der Waals surface area (Å²) in [6, 6.07) is 0. The second-order valence-electron chi connectivity index (χ2n) is 2.30. The van der Waals surface area contributed by atoms with E-state index in [2.05, 4.69) is 5.32 Å². The third-order valence-corrected chi connectivity index (χ3v) is 1.20. The van der Waals surface area contributed by atoms with Crippen LogP contribution in [0, 0.1) is 0 Å². The van der Waals surface area contributed by atoms with Gasteiger partial charge in [-0.05, 0) is 14.0 Å². The zero-order valence-electron chi connectivity index (χ0n) is 6.40. The summed E-state index contributed by atoms with van der Waals surface area (Å²) in [5.41, 5.74) is 0. The van der Waals surface area contributed by atoms with Gasteiger partial charge in [-0.15, -0.1) is 0 Å². The number of hydrogen-bond donors (Lipinski definition) is 2. The Morgan fingerprint density at radius 1 is 1.73 bits per heavy atom. The average Bonchev–Trinajstić information content (AvgIpc) is 1.86. The number of ketones is 1. The number of hydrogen-bond acceptors (Lipinski definition) is 3. The lowest BCUT2D eigenvalue weighted by Gasteiger charge is -2.19. The quantitative estimate of drug-likeness (QED) is 0.609. The van der Waals surface area contributed by atoms with E-state index in [9.17, 15) is 13.6 Å². The van der Waals surface area contributed by atoms with E-state index in [1.807, 2.05) is 0 Å². The van der Waals surface area contributed by atoms with Crippen molar-refractivity contribution in [2.24, 2.45) is 0 Å². The minimum atomic E-state index is -3.37. The predicted octanol–water partition coefficient (Wildman–Crippen LogP) is -0.209. The third-order valence-electron chi connectivity index (χ3n) is 1.20. The molecule has 0 amide bonds. The lowest BCUT2D eigenvalue weighted by Crippen LogP contribution is -2.45. The molecule has 0 bridgehead atoms. The van der Waals surface area contributed by atoms with Gasteiger partial charge < -0.3 is 10.4 Å². The van der Waals surface area contributed by atoms with Crippen molar-refractivity contribution in [2.75, 3.05) is 13.6 Å². The molecule has 0 aliphatic heterocycles. The highest BCUT2D eigenvalue weighted by Crippen LogP contribution is 2.17. The van der Waals surface area contributed by atoms with Gasteiger partial charge in [0.15, 0.2) is 11.9 Å². The van der Waals surface area contributed by atoms with Crippen LogP contribution in [0.1, 0.15) is 6.92 Å². The Labute approximate surface area is 63.4 Å². The van der Waals surface area contributed by atoms with Crippen molar-refractivity contribution >= 4 is 5.78 Å². The van der Waals surface area contributed by atoms with Crippen LogP contribution in [0.3, 0.4) is 0 Å². The summed E-state index contributed by atoms with van der Waals surface area (Å²) in [4.78, 5) is 10.3. The molecule has 0 radical (unpaired) electrons. The molecule has 66 valence electrons. The molecular formula is C6H11F2NO2. The van der Waals surface area contributed by atoms with Crippen LogP contribution in [0.25, 0.3) is 0 Å². The zero-order chi connectivity index (χ0) is 9.07. The molecule has 3 nitrogen and oxygen atoms in total. The molecule has 0 aromatic carbocycles. The lowest BCUT2D eigenvalue weighted by atomic mass is 10.1. The average molecular weight is 167 g/mol. The Kier molecular flexibility index (Phi) is 3.54. The Morgan fingerprint density at radius 2 is 2.18 bits per heavy atom. The molecular weight excluding hydrogens is 156 g/mol. The van der Waals surface area contributed by atoms with Crippen LogP contribution in [0.4, 0.5) is 8.78 Å². The van der Waals surface area contributed by atoms with Crippen LogP contribution in [0.5, 0.6) is 0 Å². The number of halogens is 2. The summed E-state index contributed by atoms with van der Waals surface area (Å²) in [5.74, 6) is -4.30. The van der Waals surface area contributed by atoms with Gasteiger partial charge in [0, 0.05) is 0 Å². The lowest BCUT2D eigenvalue weighted by molar-refractivity contribution is -0.148. The fraction of sp³-hybridized carbons (Fsp3) is 0.833. The monoisotopic (exact) mass is 167 g/mol. The maximum atomic E-state index is 12.5. The molecule has 0 aliphatic carbocycles. The molecule has 0 fully saturated rings. The second kappa shape index (κ2) is 3.73. The van der Waals surface area contributed by atoms with E-state index in [1.54, 1.807) is 0 Å². The largest absolute Gasteiger partial charge is 0.379 e.